The van der Waals surface area contributed by atoms with E-state index in [9.17, 15) is 9.90 Å². The molecule has 0 fully saturated rings. The number of hydrogen-bond donors (Lipinski definition) is 2. The van der Waals surface area contributed by atoms with E-state index in [1.54, 1.807) is 0 Å². The van der Waals surface area contributed by atoms with Gasteiger partial charge in [-0.25, -0.2) is 0 Å². The second-order valence-electron chi connectivity index (χ2n) is 4.62. The van der Waals surface area contributed by atoms with E-state index >= 15 is 0 Å². The van der Waals surface area contributed by atoms with Crippen LogP contribution in [0.3, 0.4) is 0 Å². The highest BCUT2D eigenvalue weighted by Gasteiger charge is 2.04. The number of benzene rings is 1. The summed E-state index contributed by atoms with van der Waals surface area (Å²) in [5, 5.41) is 12.1. The van der Waals surface area contributed by atoms with Gasteiger partial charge in [0.25, 0.3) is 0 Å². The Morgan fingerprint density at radius 2 is 2.26 bits per heavy atom. The van der Waals surface area contributed by atoms with E-state index in [4.69, 9.17) is 4.74 Å². The van der Waals surface area contributed by atoms with Crippen molar-refractivity contribution < 1.29 is 14.6 Å². The quantitative estimate of drug-likeness (QED) is 0.756. The number of carbonyl (C=O) groups excluding carboxylic acids is 1. The number of nitrogens with one attached hydrogen (secondary N) is 1. The predicted octanol–water partition coefficient (Wildman–Crippen LogP) is 2.04. The molecule has 106 valence electrons. The van der Waals surface area contributed by atoms with Crippen LogP contribution in [0.25, 0.3) is 0 Å². The highest BCUT2D eigenvalue weighted by Crippen LogP contribution is 2.12. The Hall–Kier alpha value is -1.55. The number of aliphatic hydroxyl groups excluding tert-OH is 1. The number of rotatable bonds is 8. The molecule has 0 aliphatic rings. The van der Waals surface area contributed by atoms with Crippen molar-refractivity contribution in [2.75, 3.05) is 13.2 Å². The van der Waals surface area contributed by atoms with Gasteiger partial charge in [0.15, 0.2) is 0 Å². The molecule has 0 aliphatic carbocycles. The Balaban J connectivity index is 2.13. The summed E-state index contributed by atoms with van der Waals surface area (Å²) in [5.74, 6) is 0.741. The molecule has 4 nitrogen and oxygen atoms in total. The molecule has 2 N–H and O–H groups in total. The summed E-state index contributed by atoms with van der Waals surface area (Å²) in [6.45, 7) is 4.80. The maximum atomic E-state index is 11.5. The van der Waals surface area contributed by atoms with Crippen LogP contribution >= 0.6 is 0 Å². The number of amides is 1. The zero-order chi connectivity index (χ0) is 14.1. The van der Waals surface area contributed by atoms with Gasteiger partial charge < -0.3 is 15.2 Å². The first-order valence-corrected chi connectivity index (χ1v) is 6.76. The van der Waals surface area contributed by atoms with Crippen molar-refractivity contribution >= 4 is 5.91 Å². The first-order valence-electron chi connectivity index (χ1n) is 6.76. The van der Waals surface area contributed by atoms with Crippen molar-refractivity contribution in [1.29, 1.82) is 0 Å². The molecule has 1 aromatic rings. The maximum Gasteiger partial charge on any atom is 0.223 e. The molecule has 1 rings (SSSR count). The fourth-order valence-corrected chi connectivity index (χ4v) is 1.64. The molecule has 0 aromatic heterocycles. The van der Waals surface area contributed by atoms with Crippen molar-refractivity contribution in [3.8, 4) is 5.75 Å². The lowest BCUT2D eigenvalue weighted by Crippen LogP contribution is -2.28. The third-order valence-electron chi connectivity index (χ3n) is 2.86. The Bertz CT molecular complexity index is 393. The Morgan fingerprint density at radius 1 is 1.47 bits per heavy atom. The Labute approximate surface area is 114 Å². The van der Waals surface area contributed by atoms with Crippen LogP contribution in [0.15, 0.2) is 24.3 Å². The number of ether oxygens (including phenoxy) is 1. The average Bonchev–Trinajstić information content (AvgIpc) is 2.38. The van der Waals surface area contributed by atoms with Crippen molar-refractivity contribution in [2.45, 2.75) is 39.2 Å². The molecule has 0 saturated heterocycles. The first-order chi connectivity index (χ1) is 9.11. The summed E-state index contributed by atoms with van der Waals surface area (Å²) in [6.07, 6.45) is 1.31. The monoisotopic (exact) mass is 265 g/mol. The zero-order valence-electron chi connectivity index (χ0n) is 11.7. The van der Waals surface area contributed by atoms with Crippen LogP contribution in [0.5, 0.6) is 5.75 Å². The van der Waals surface area contributed by atoms with Gasteiger partial charge in [0, 0.05) is 6.54 Å². The second kappa shape index (κ2) is 8.53. The summed E-state index contributed by atoms with van der Waals surface area (Å²) in [5.41, 5.74) is 1.13. The maximum absolute atomic E-state index is 11.5. The molecule has 19 heavy (non-hydrogen) atoms. The topological polar surface area (TPSA) is 58.6 Å². The van der Waals surface area contributed by atoms with Gasteiger partial charge in [-0.2, -0.15) is 0 Å². The highest BCUT2D eigenvalue weighted by molar-refractivity contribution is 5.75. The van der Waals surface area contributed by atoms with E-state index in [0.29, 0.717) is 32.4 Å². The van der Waals surface area contributed by atoms with Gasteiger partial charge in [-0.1, -0.05) is 19.1 Å². The van der Waals surface area contributed by atoms with Crippen molar-refractivity contribution in [3.63, 3.8) is 0 Å². The SMILES string of the molecule is CCC(O)CCNC(=O)CCOc1cccc(C)c1. The lowest BCUT2D eigenvalue weighted by molar-refractivity contribution is -0.121. The van der Waals surface area contributed by atoms with Crippen molar-refractivity contribution in [3.05, 3.63) is 29.8 Å². The van der Waals surface area contributed by atoms with Crippen LogP contribution in [-0.2, 0) is 4.79 Å². The molecule has 1 aromatic carbocycles. The molecule has 0 heterocycles. The highest BCUT2D eigenvalue weighted by atomic mass is 16.5. The summed E-state index contributed by atoms with van der Waals surface area (Å²) in [4.78, 5) is 11.5. The van der Waals surface area contributed by atoms with Crippen LogP contribution in [0, 0.1) is 6.92 Å². The van der Waals surface area contributed by atoms with Gasteiger partial charge in [-0.3, -0.25) is 4.79 Å². The molecule has 0 aliphatic heterocycles. The molecule has 0 bridgehead atoms. The van der Waals surface area contributed by atoms with Gasteiger partial charge in [-0.05, 0) is 37.5 Å². The third kappa shape index (κ3) is 6.82. The van der Waals surface area contributed by atoms with E-state index < -0.39 is 0 Å². The van der Waals surface area contributed by atoms with Crippen LogP contribution in [-0.4, -0.2) is 30.3 Å². The van der Waals surface area contributed by atoms with Gasteiger partial charge >= 0.3 is 0 Å². The Morgan fingerprint density at radius 3 is 2.95 bits per heavy atom. The molecular weight excluding hydrogens is 242 g/mol. The van der Waals surface area contributed by atoms with Crippen LogP contribution in [0.4, 0.5) is 0 Å². The van der Waals surface area contributed by atoms with E-state index in [0.717, 1.165) is 11.3 Å². The lowest BCUT2D eigenvalue weighted by Gasteiger charge is -2.09. The molecule has 0 saturated carbocycles. The third-order valence-corrected chi connectivity index (χ3v) is 2.86. The molecule has 4 heteroatoms. The van der Waals surface area contributed by atoms with Crippen LogP contribution < -0.4 is 10.1 Å². The van der Waals surface area contributed by atoms with Gasteiger partial charge in [0.2, 0.25) is 5.91 Å². The number of aliphatic hydroxyl groups is 1. The van der Waals surface area contributed by atoms with Gasteiger partial charge in [0.1, 0.15) is 5.75 Å². The average molecular weight is 265 g/mol. The summed E-state index contributed by atoms with van der Waals surface area (Å²) in [6, 6.07) is 7.74. The normalized spacial score (nSPS) is 11.9. The van der Waals surface area contributed by atoms with E-state index in [1.165, 1.54) is 0 Å². The number of aryl methyl sites for hydroxylation is 1. The van der Waals surface area contributed by atoms with Crippen LogP contribution in [0.1, 0.15) is 31.7 Å². The summed E-state index contributed by atoms with van der Waals surface area (Å²) < 4.78 is 5.50. The molecule has 1 amide bonds. The van der Waals surface area contributed by atoms with Gasteiger partial charge in [-0.15, -0.1) is 0 Å². The fourth-order valence-electron chi connectivity index (χ4n) is 1.64. The molecule has 0 radical (unpaired) electrons. The minimum atomic E-state index is -0.330. The van der Waals surface area contributed by atoms with Crippen molar-refractivity contribution in [1.82, 2.24) is 5.32 Å². The smallest absolute Gasteiger partial charge is 0.223 e. The molecular formula is C15H23NO3. The number of hydrogen-bond acceptors (Lipinski definition) is 3. The minimum Gasteiger partial charge on any atom is -0.493 e. The Kier molecular flexibility index (Phi) is 6.97. The lowest BCUT2D eigenvalue weighted by atomic mass is 10.2. The largest absolute Gasteiger partial charge is 0.493 e. The van der Waals surface area contributed by atoms with E-state index in [2.05, 4.69) is 5.32 Å². The molecule has 1 unspecified atom stereocenters. The molecule has 0 spiro atoms. The molecule has 1 atom stereocenters. The first kappa shape index (κ1) is 15.5. The van der Waals surface area contributed by atoms with Crippen molar-refractivity contribution in [2.24, 2.45) is 0 Å². The zero-order valence-corrected chi connectivity index (χ0v) is 11.7. The van der Waals surface area contributed by atoms with E-state index in [1.807, 2.05) is 38.1 Å². The summed E-state index contributed by atoms with van der Waals surface area (Å²) >= 11 is 0. The number of carbonyl (C=O) groups is 1. The summed E-state index contributed by atoms with van der Waals surface area (Å²) in [7, 11) is 0. The second-order valence-corrected chi connectivity index (χ2v) is 4.62. The minimum absolute atomic E-state index is 0.0454. The fraction of sp³-hybridized carbons (Fsp3) is 0.533. The van der Waals surface area contributed by atoms with Crippen LogP contribution in [0.2, 0.25) is 0 Å². The predicted molar refractivity (Wildman–Crippen MR) is 75.2 cm³/mol. The van der Waals surface area contributed by atoms with Gasteiger partial charge in [0.05, 0.1) is 19.1 Å². The van der Waals surface area contributed by atoms with E-state index in [-0.39, 0.29) is 12.0 Å². The standard InChI is InChI=1S/C15H23NO3/c1-3-13(17)7-9-16-15(18)8-10-19-14-6-4-5-12(2)11-14/h4-6,11,13,17H,3,7-10H2,1-2H3,(H,16,18).